The molecule has 6 aromatic rings. The Morgan fingerprint density at radius 2 is 1.64 bits per heavy atom. The Bertz CT molecular complexity index is 2160. The third kappa shape index (κ3) is 5.24. The third-order valence-corrected chi connectivity index (χ3v) is 9.30. The van der Waals surface area contributed by atoms with Gasteiger partial charge >= 0.3 is 225 Å². The van der Waals surface area contributed by atoms with Crippen LogP contribution in [-0.2, 0) is 38.2 Å². The van der Waals surface area contributed by atoms with Crippen LogP contribution in [0.15, 0.2) is 109 Å². The molecule has 0 amide bonds. The van der Waals surface area contributed by atoms with Crippen LogP contribution in [0.25, 0.3) is 27.8 Å². The van der Waals surface area contributed by atoms with E-state index in [1.165, 1.54) is 15.7 Å². The van der Waals surface area contributed by atoms with Gasteiger partial charge in [0.05, 0.1) is 0 Å². The number of anilines is 2. The van der Waals surface area contributed by atoms with Crippen molar-refractivity contribution in [2.45, 2.75) is 39.0 Å². The van der Waals surface area contributed by atoms with Gasteiger partial charge in [-0.1, -0.05) is 26.8 Å². The van der Waals surface area contributed by atoms with Crippen molar-refractivity contribution in [3.05, 3.63) is 124 Å². The maximum atomic E-state index is 8.20. The van der Waals surface area contributed by atoms with Crippen molar-refractivity contribution in [2.75, 3.05) is 11.4 Å². The molecular weight excluding hydrogens is 724 g/mol. The summed E-state index contributed by atoms with van der Waals surface area (Å²) >= 11 is 2.10. The Balaban J connectivity index is 1.34. The molecule has 5 nitrogen and oxygen atoms in total. The van der Waals surface area contributed by atoms with Crippen LogP contribution in [0.1, 0.15) is 42.4 Å². The Morgan fingerprint density at radius 1 is 0.841 bits per heavy atom. The molecule has 3 heterocycles. The van der Waals surface area contributed by atoms with E-state index in [-0.39, 0.29) is 5.41 Å². The van der Waals surface area contributed by atoms with E-state index in [1.54, 1.807) is 0 Å². The summed E-state index contributed by atoms with van der Waals surface area (Å²) in [6, 6.07) is 34.5. The first-order valence-electron chi connectivity index (χ1n) is 16.4. The van der Waals surface area contributed by atoms with Crippen LogP contribution in [0.3, 0.4) is 0 Å². The number of aromatic nitrogens is 3. The zero-order valence-corrected chi connectivity index (χ0v) is 27.3. The molecule has 0 spiro atoms. The van der Waals surface area contributed by atoms with Crippen LogP contribution in [0, 0.1) is 3.80 Å². The van der Waals surface area contributed by atoms with Crippen molar-refractivity contribution in [1.29, 1.82) is 0 Å². The molecule has 0 aliphatic carbocycles. The maximum absolute atomic E-state index is 8.20. The summed E-state index contributed by atoms with van der Waals surface area (Å²) in [4.78, 5) is 7.15. The van der Waals surface area contributed by atoms with Gasteiger partial charge in [-0.2, -0.15) is 0 Å². The van der Waals surface area contributed by atoms with Gasteiger partial charge in [0.1, 0.15) is 0 Å². The zero-order chi connectivity index (χ0) is 32.9. The molecule has 6 heteroatoms. The molecule has 0 fully saturated rings. The molecule has 0 saturated heterocycles. The molecule has 0 saturated carbocycles. The number of imidazole rings is 1. The van der Waals surface area contributed by atoms with Gasteiger partial charge in [-0.25, -0.2) is 0 Å². The third-order valence-electron chi connectivity index (χ3n) is 8.29. The number of para-hydroxylation sites is 2. The van der Waals surface area contributed by atoms with Crippen molar-refractivity contribution in [1.82, 2.24) is 14.1 Å². The second-order valence-electron chi connectivity index (χ2n) is 12.2. The number of benzene rings is 4. The molecule has 0 unspecified atom stereocenters. The van der Waals surface area contributed by atoms with Crippen LogP contribution in [-0.4, -0.2) is 20.7 Å². The number of hydrogen-bond acceptors (Lipinski definition) is 3. The fourth-order valence-electron chi connectivity index (χ4n) is 6.06. The van der Waals surface area contributed by atoms with E-state index in [0.29, 0.717) is 15.1 Å². The first-order valence-corrected chi connectivity index (χ1v) is 16.1. The molecule has 7 rings (SSSR count). The van der Waals surface area contributed by atoms with Gasteiger partial charge < -0.3 is 0 Å². The number of aryl methyl sites for hydroxylation is 1. The Hall–Kier alpha value is -4.21. The van der Waals surface area contributed by atoms with Gasteiger partial charge in [0.2, 0.25) is 0 Å². The standard InChI is InChI=1S/C38H36N4O.Pt/c1-38(2,3)28-19-20-39-37(22-28)41-21-11-16-32-33(27-12-6-5-7-13-27)24-31(25-36(32)41)43-30-15-10-14-29(23-30)42-26-40(4)34-17-8-9-18-35(34)42;/h5-10,12-15,17-20,22-25H,11,16,21H2,1-4H3;/i4D3;. The van der Waals surface area contributed by atoms with Gasteiger partial charge in [0, 0.05) is 6.20 Å². The summed E-state index contributed by atoms with van der Waals surface area (Å²) in [5.74, 6) is 2.32. The number of ether oxygens (including phenoxy) is 1. The van der Waals surface area contributed by atoms with E-state index in [0.717, 1.165) is 59.0 Å². The summed E-state index contributed by atoms with van der Waals surface area (Å²) in [5.41, 5.74) is 8.21. The normalized spacial score (nSPS) is 14.6. The average molecular weight is 763 g/mol. The van der Waals surface area contributed by atoms with Crippen molar-refractivity contribution < 1.29 is 28.2 Å². The van der Waals surface area contributed by atoms with E-state index in [1.807, 2.05) is 65.4 Å². The van der Waals surface area contributed by atoms with E-state index in [2.05, 4.69) is 93.6 Å². The number of nitrogens with zero attached hydrogens (tertiary/aromatic N) is 4. The van der Waals surface area contributed by atoms with Gasteiger partial charge in [-0.05, 0) is 17.0 Å². The molecule has 0 bridgehead atoms. The summed E-state index contributed by atoms with van der Waals surface area (Å²) < 4.78 is 35.2. The predicted octanol–water partition coefficient (Wildman–Crippen LogP) is 9.28. The minimum absolute atomic E-state index is 0.00709. The van der Waals surface area contributed by atoms with Gasteiger partial charge in [-0.15, -0.1) is 0 Å². The topological polar surface area (TPSA) is 35.2 Å². The number of rotatable bonds is 5. The van der Waals surface area contributed by atoms with Gasteiger partial charge in [-0.3, -0.25) is 0 Å². The number of hydrogen-bond donors (Lipinski definition) is 0. The van der Waals surface area contributed by atoms with E-state index >= 15 is 0 Å². The molecule has 1 aliphatic rings. The Kier molecular flexibility index (Phi) is 6.50. The number of fused-ring (bicyclic) bond motifs is 2. The van der Waals surface area contributed by atoms with Crippen molar-refractivity contribution in [2.24, 2.45) is 6.98 Å². The van der Waals surface area contributed by atoms with E-state index in [9.17, 15) is 0 Å². The summed E-state index contributed by atoms with van der Waals surface area (Å²) in [6.07, 6.45) is 3.90. The predicted molar refractivity (Wildman–Crippen MR) is 176 cm³/mol. The average Bonchev–Trinajstić information content (AvgIpc) is 3.36. The van der Waals surface area contributed by atoms with Crippen LogP contribution in [0.5, 0.6) is 11.5 Å². The molecule has 0 N–H and O–H groups in total. The fraction of sp³-hybridized carbons (Fsp3) is 0.211. The molecule has 0 atom stereocenters. The Labute approximate surface area is 274 Å². The summed E-state index contributed by atoms with van der Waals surface area (Å²) in [6.45, 7) is 5.22. The molecule has 0 radical (unpaired) electrons. The molecule has 2 aromatic heterocycles. The van der Waals surface area contributed by atoms with Crippen molar-refractivity contribution in [3.8, 4) is 28.3 Å². The van der Waals surface area contributed by atoms with Crippen LogP contribution >= 0.6 is 0 Å². The minimum atomic E-state index is -2.32. The van der Waals surface area contributed by atoms with Gasteiger partial charge in [0.25, 0.3) is 0 Å². The quantitative estimate of drug-likeness (QED) is 0.176. The molecule has 4 aromatic carbocycles. The first kappa shape index (κ1) is 25.1. The zero-order valence-electron chi connectivity index (χ0n) is 28.0. The van der Waals surface area contributed by atoms with Crippen LogP contribution in [0.4, 0.5) is 11.5 Å². The van der Waals surface area contributed by atoms with E-state index in [4.69, 9.17) is 13.8 Å². The second-order valence-corrected chi connectivity index (χ2v) is 13.3. The molecule has 1 aliphatic heterocycles. The van der Waals surface area contributed by atoms with Gasteiger partial charge in [0.15, 0.2) is 0 Å². The molecule has 224 valence electrons. The Morgan fingerprint density at radius 3 is 2.43 bits per heavy atom. The van der Waals surface area contributed by atoms with Crippen molar-refractivity contribution in [3.63, 3.8) is 0 Å². The first-order chi connectivity index (χ1) is 22.5. The van der Waals surface area contributed by atoms with Crippen LogP contribution < -0.4 is 9.64 Å². The SMILES string of the molecule is [2H]C([2H])([2H])n1[c](=[Pt])n(-c2cccc(Oc3cc(-c4ccccc4)c4c(c3)N(c3cc(C(C)(C)C)ccn3)CCC4)c2)c2ccccc21. The summed E-state index contributed by atoms with van der Waals surface area (Å²) in [5, 5.41) is 0. The van der Waals surface area contributed by atoms with E-state index < -0.39 is 6.98 Å². The van der Waals surface area contributed by atoms with Crippen molar-refractivity contribution >= 4 is 22.5 Å². The fourth-order valence-corrected chi connectivity index (χ4v) is 6.90. The second kappa shape index (κ2) is 11.4. The monoisotopic (exact) mass is 762 g/mol. The number of pyridine rings is 1. The van der Waals surface area contributed by atoms with Crippen LogP contribution in [0.2, 0.25) is 0 Å². The molecule has 44 heavy (non-hydrogen) atoms. The summed E-state index contributed by atoms with van der Waals surface area (Å²) in [7, 11) is 0. The molecular formula is C38H36N4OPt.